The van der Waals surface area contributed by atoms with Crippen molar-refractivity contribution in [1.29, 1.82) is 10.5 Å². The van der Waals surface area contributed by atoms with Crippen molar-refractivity contribution in [2.24, 2.45) is 5.92 Å². The highest BCUT2D eigenvalue weighted by molar-refractivity contribution is 6.72. The second kappa shape index (κ2) is 4.99. The maximum Gasteiger partial charge on any atom is 0.245 e. The second-order valence-corrected chi connectivity index (χ2v) is 7.83. The van der Waals surface area contributed by atoms with E-state index in [-0.39, 0.29) is 17.9 Å². The predicted octanol–water partition coefficient (Wildman–Crippen LogP) is 2.99. The molecule has 0 spiro atoms. The average molecular weight is 198 g/mol. The van der Waals surface area contributed by atoms with Crippen LogP contribution in [0.25, 0.3) is 0 Å². The van der Waals surface area contributed by atoms with Gasteiger partial charge in [0.05, 0.1) is 12.1 Å². The third kappa shape index (κ3) is 4.64. The van der Waals surface area contributed by atoms with Crippen LogP contribution in [0.4, 0.5) is 4.11 Å². The fourth-order valence-corrected chi connectivity index (χ4v) is 2.69. The van der Waals surface area contributed by atoms with Crippen LogP contribution in [-0.4, -0.2) is 8.41 Å². The molecule has 72 valence electrons. The van der Waals surface area contributed by atoms with Gasteiger partial charge in [0, 0.05) is 12.3 Å². The molecule has 0 aliphatic heterocycles. The highest BCUT2D eigenvalue weighted by atomic mass is 28.4. The number of hydrogen-bond donors (Lipinski definition) is 0. The van der Waals surface area contributed by atoms with Crippen molar-refractivity contribution in [3.05, 3.63) is 0 Å². The average Bonchev–Trinajstić information content (AvgIpc) is 2.01. The lowest BCUT2D eigenvalue weighted by atomic mass is 10.1. The molecule has 4 heteroatoms. The summed E-state index contributed by atoms with van der Waals surface area (Å²) in [6.45, 7) is 4.96. The largest absolute Gasteiger partial charge is 0.314 e. The Bertz CT molecular complexity index is 233. The van der Waals surface area contributed by atoms with Crippen LogP contribution in [0.2, 0.25) is 18.6 Å². The van der Waals surface area contributed by atoms with E-state index in [2.05, 4.69) is 6.07 Å². The summed E-state index contributed by atoms with van der Waals surface area (Å²) in [6, 6.07) is 4.06. The third-order valence-electron chi connectivity index (χ3n) is 2.17. The van der Waals surface area contributed by atoms with E-state index in [1.807, 2.05) is 6.07 Å². The zero-order chi connectivity index (χ0) is 10.5. The molecule has 2 atom stereocenters. The Kier molecular flexibility index (Phi) is 4.65. The van der Waals surface area contributed by atoms with Crippen molar-refractivity contribution in [3.8, 4) is 12.1 Å². The number of nitrogens with zero attached hydrogens (tertiary/aromatic N) is 2. The number of halogens is 1. The minimum Gasteiger partial charge on any atom is -0.314 e. The first kappa shape index (κ1) is 12.1. The summed E-state index contributed by atoms with van der Waals surface area (Å²) in [4.78, 5) is 0. The molecule has 0 saturated heterocycles. The van der Waals surface area contributed by atoms with Gasteiger partial charge in [-0.25, -0.2) is 0 Å². The van der Waals surface area contributed by atoms with Gasteiger partial charge in [0.25, 0.3) is 0 Å². The standard InChI is InChI=1S/C9H15FN2Si/c1-8(7-12)6-9(4-5-11)13(2,3)10/h8-9H,4,6H2,1-3H3. The monoisotopic (exact) mass is 198 g/mol. The fourth-order valence-electron chi connectivity index (χ4n) is 1.20. The van der Waals surface area contributed by atoms with Crippen LogP contribution in [-0.2, 0) is 0 Å². The molecule has 0 heterocycles. The fraction of sp³-hybridized carbons (Fsp3) is 0.778. The summed E-state index contributed by atoms with van der Waals surface area (Å²) < 4.78 is 13.6. The van der Waals surface area contributed by atoms with E-state index in [0.717, 1.165) is 0 Å². The molecular weight excluding hydrogens is 183 g/mol. The summed E-state index contributed by atoms with van der Waals surface area (Å²) in [5, 5.41) is 17.1. The van der Waals surface area contributed by atoms with E-state index >= 15 is 0 Å². The smallest absolute Gasteiger partial charge is 0.245 e. The first-order valence-electron chi connectivity index (χ1n) is 4.37. The number of hydrogen-bond acceptors (Lipinski definition) is 2. The second-order valence-electron chi connectivity index (χ2n) is 3.89. The molecule has 0 aromatic carbocycles. The first-order chi connectivity index (χ1) is 5.91. The van der Waals surface area contributed by atoms with Crippen LogP contribution in [0.15, 0.2) is 0 Å². The summed E-state index contributed by atoms with van der Waals surface area (Å²) in [6.07, 6.45) is 0.752. The maximum atomic E-state index is 13.6. The lowest BCUT2D eigenvalue weighted by molar-refractivity contribution is 0.576. The zero-order valence-corrected chi connectivity index (χ0v) is 9.34. The van der Waals surface area contributed by atoms with Crippen molar-refractivity contribution in [1.82, 2.24) is 0 Å². The van der Waals surface area contributed by atoms with E-state index in [1.165, 1.54) is 0 Å². The van der Waals surface area contributed by atoms with Gasteiger partial charge in [-0.1, -0.05) is 0 Å². The number of rotatable bonds is 4. The van der Waals surface area contributed by atoms with Crippen molar-refractivity contribution in [2.45, 2.75) is 38.4 Å². The molecule has 0 radical (unpaired) electrons. The van der Waals surface area contributed by atoms with Crippen LogP contribution >= 0.6 is 0 Å². The number of nitriles is 2. The van der Waals surface area contributed by atoms with E-state index in [1.54, 1.807) is 20.0 Å². The van der Waals surface area contributed by atoms with Gasteiger partial charge >= 0.3 is 0 Å². The van der Waals surface area contributed by atoms with Crippen LogP contribution in [0.5, 0.6) is 0 Å². The molecule has 2 unspecified atom stereocenters. The van der Waals surface area contributed by atoms with Crippen molar-refractivity contribution in [2.75, 3.05) is 0 Å². The van der Waals surface area contributed by atoms with Gasteiger partial charge in [0.15, 0.2) is 0 Å². The minimum absolute atomic E-state index is 0.152. The van der Waals surface area contributed by atoms with Crippen LogP contribution in [0, 0.1) is 28.6 Å². The summed E-state index contributed by atoms with van der Waals surface area (Å²) in [5.74, 6) is -0.152. The zero-order valence-electron chi connectivity index (χ0n) is 8.34. The molecular formula is C9H15FN2Si. The van der Waals surface area contributed by atoms with E-state index in [0.29, 0.717) is 6.42 Å². The van der Waals surface area contributed by atoms with Crippen LogP contribution < -0.4 is 0 Å². The lowest BCUT2D eigenvalue weighted by Gasteiger charge is -2.22. The van der Waals surface area contributed by atoms with E-state index < -0.39 is 8.41 Å². The Labute approximate surface area is 80.2 Å². The Hall–Kier alpha value is -0.873. The summed E-state index contributed by atoms with van der Waals surface area (Å²) >= 11 is 0. The van der Waals surface area contributed by atoms with Crippen LogP contribution in [0.3, 0.4) is 0 Å². The maximum absolute atomic E-state index is 13.6. The van der Waals surface area contributed by atoms with Crippen molar-refractivity contribution >= 4 is 8.41 Å². The van der Waals surface area contributed by atoms with Crippen LogP contribution in [0.1, 0.15) is 19.8 Å². The molecule has 13 heavy (non-hydrogen) atoms. The summed E-state index contributed by atoms with van der Waals surface area (Å²) in [7, 11) is -2.76. The predicted molar refractivity (Wildman–Crippen MR) is 52.0 cm³/mol. The van der Waals surface area contributed by atoms with Gasteiger partial charge in [-0.05, 0) is 32.0 Å². The Morgan fingerprint density at radius 3 is 2.23 bits per heavy atom. The minimum atomic E-state index is -2.76. The van der Waals surface area contributed by atoms with Crippen molar-refractivity contribution < 1.29 is 4.11 Å². The SMILES string of the molecule is CC(C#N)CC(CC#N)[Si](C)(C)F. The Balaban J connectivity index is 4.30. The molecule has 0 saturated carbocycles. The Morgan fingerprint density at radius 2 is 1.92 bits per heavy atom. The first-order valence-corrected chi connectivity index (χ1v) is 7.32. The lowest BCUT2D eigenvalue weighted by Crippen LogP contribution is -2.27. The molecule has 0 fully saturated rings. The molecule has 0 aliphatic carbocycles. The molecule has 0 aromatic heterocycles. The molecule has 0 amide bonds. The van der Waals surface area contributed by atoms with E-state index in [4.69, 9.17) is 10.5 Å². The molecule has 0 aromatic rings. The van der Waals surface area contributed by atoms with E-state index in [9.17, 15) is 4.11 Å². The van der Waals surface area contributed by atoms with Gasteiger partial charge in [0.2, 0.25) is 8.41 Å². The molecule has 0 rings (SSSR count). The molecule has 0 N–H and O–H groups in total. The quantitative estimate of drug-likeness (QED) is 0.515. The van der Waals surface area contributed by atoms with Gasteiger partial charge in [-0.15, -0.1) is 0 Å². The highest BCUT2D eigenvalue weighted by Crippen LogP contribution is 2.32. The van der Waals surface area contributed by atoms with Gasteiger partial charge in [-0.2, -0.15) is 10.5 Å². The molecule has 2 nitrogen and oxygen atoms in total. The third-order valence-corrected chi connectivity index (χ3v) is 4.55. The van der Waals surface area contributed by atoms with Gasteiger partial charge in [-0.3, -0.25) is 0 Å². The van der Waals surface area contributed by atoms with Crippen molar-refractivity contribution in [3.63, 3.8) is 0 Å². The normalized spacial score (nSPS) is 15.5. The topological polar surface area (TPSA) is 47.6 Å². The van der Waals surface area contributed by atoms with Gasteiger partial charge < -0.3 is 4.11 Å². The molecule has 0 bridgehead atoms. The summed E-state index contributed by atoms with van der Waals surface area (Å²) in [5.41, 5.74) is -0.202. The van der Waals surface area contributed by atoms with Gasteiger partial charge in [0.1, 0.15) is 0 Å². The highest BCUT2D eigenvalue weighted by Gasteiger charge is 2.33. The Morgan fingerprint density at radius 1 is 1.38 bits per heavy atom. The molecule has 0 aliphatic rings.